The van der Waals surface area contributed by atoms with Gasteiger partial charge in [-0.15, -0.1) is 0 Å². The maximum atomic E-state index is 11.7. The number of hydrogen-bond acceptors (Lipinski definition) is 3. The molecule has 0 radical (unpaired) electrons. The number of aryl methyl sites for hydroxylation is 1. The van der Waals surface area contributed by atoms with Gasteiger partial charge in [0.1, 0.15) is 5.82 Å². The van der Waals surface area contributed by atoms with Crippen molar-refractivity contribution in [3.63, 3.8) is 0 Å². The van der Waals surface area contributed by atoms with E-state index in [2.05, 4.69) is 10.2 Å². The van der Waals surface area contributed by atoms with Crippen molar-refractivity contribution in [2.45, 2.75) is 12.8 Å². The van der Waals surface area contributed by atoms with E-state index in [0.29, 0.717) is 29.4 Å². The van der Waals surface area contributed by atoms with Crippen LogP contribution in [-0.4, -0.2) is 26.5 Å². The quantitative estimate of drug-likeness (QED) is 0.858. The molecule has 1 aromatic heterocycles. The Hall–Kier alpha value is -1.59. The van der Waals surface area contributed by atoms with Crippen molar-refractivity contribution in [1.82, 2.24) is 14.8 Å². The van der Waals surface area contributed by atoms with E-state index in [1.807, 2.05) is 0 Å². The predicted molar refractivity (Wildman–Crippen MR) is 64.6 cm³/mol. The van der Waals surface area contributed by atoms with E-state index in [9.17, 15) is 4.79 Å². The Morgan fingerprint density at radius 2 is 2.29 bits per heavy atom. The van der Waals surface area contributed by atoms with Gasteiger partial charge in [-0.2, -0.15) is 5.10 Å². The fourth-order valence-electron chi connectivity index (χ4n) is 1.62. The van der Waals surface area contributed by atoms with Gasteiger partial charge < -0.3 is 5.11 Å². The minimum absolute atomic E-state index is 0.0661. The number of halogens is 1. The van der Waals surface area contributed by atoms with Crippen LogP contribution in [0.5, 0.6) is 0 Å². The standard InChI is InChI=1S/C11H12ClN3O2/c12-8-3-1-4-9(7-8)15-10(5-2-6-16)13-14-11(15)17/h1,3-4,7,16H,2,5-6H2,(H,14,17). The monoisotopic (exact) mass is 253 g/mol. The van der Waals surface area contributed by atoms with E-state index >= 15 is 0 Å². The predicted octanol–water partition coefficient (Wildman–Crippen LogP) is 1.14. The molecule has 1 heterocycles. The van der Waals surface area contributed by atoms with Crippen molar-refractivity contribution >= 4 is 11.6 Å². The number of nitrogens with zero attached hydrogens (tertiary/aromatic N) is 2. The summed E-state index contributed by atoms with van der Waals surface area (Å²) in [5, 5.41) is 15.7. The zero-order valence-electron chi connectivity index (χ0n) is 9.06. The average molecular weight is 254 g/mol. The van der Waals surface area contributed by atoms with Crippen LogP contribution in [0.25, 0.3) is 5.69 Å². The summed E-state index contributed by atoms with van der Waals surface area (Å²) in [7, 11) is 0. The lowest BCUT2D eigenvalue weighted by molar-refractivity contribution is 0.287. The zero-order valence-corrected chi connectivity index (χ0v) is 9.81. The zero-order chi connectivity index (χ0) is 12.3. The molecule has 0 spiro atoms. The van der Waals surface area contributed by atoms with Gasteiger partial charge in [0.2, 0.25) is 0 Å². The molecule has 0 unspecified atom stereocenters. The minimum Gasteiger partial charge on any atom is -0.396 e. The highest BCUT2D eigenvalue weighted by Gasteiger charge is 2.09. The van der Waals surface area contributed by atoms with E-state index in [0.717, 1.165) is 0 Å². The summed E-state index contributed by atoms with van der Waals surface area (Å²) in [5.41, 5.74) is 0.365. The largest absolute Gasteiger partial charge is 0.396 e. The maximum Gasteiger partial charge on any atom is 0.347 e. The molecule has 0 atom stereocenters. The van der Waals surface area contributed by atoms with Gasteiger partial charge in [0.25, 0.3) is 0 Å². The van der Waals surface area contributed by atoms with Crippen molar-refractivity contribution in [3.05, 3.63) is 45.6 Å². The number of H-pyrrole nitrogens is 1. The van der Waals surface area contributed by atoms with E-state index in [1.54, 1.807) is 24.3 Å². The Balaban J connectivity index is 2.43. The number of rotatable bonds is 4. The Labute approximate surface area is 103 Å². The molecule has 2 aromatic rings. The molecule has 2 N–H and O–H groups in total. The molecule has 0 saturated carbocycles. The Bertz CT molecular complexity index is 562. The first-order chi connectivity index (χ1) is 8.22. The van der Waals surface area contributed by atoms with Gasteiger partial charge in [-0.1, -0.05) is 17.7 Å². The van der Waals surface area contributed by atoms with Crippen LogP contribution in [0.1, 0.15) is 12.2 Å². The highest BCUT2D eigenvalue weighted by Crippen LogP contribution is 2.14. The van der Waals surface area contributed by atoms with E-state index in [4.69, 9.17) is 16.7 Å². The van der Waals surface area contributed by atoms with Crippen molar-refractivity contribution in [2.24, 2.45) is 0 Å². The van der Waals surface area contributed by atoms with Crippen LogP contribution in [0, 0.1) is 0 Å². The highest BCUT2D eigenvalue weighted by molar-refractivity contribution is 6.30. The Kier molecular flexibility index (Phi) is 3.61. The maximum absolute atomic E-state index is 11.7. The van der Waals surface area contributed by atoms with Gasteiger partial charge in [0.15, 0.2) is 0 Å². The summed E-state index contributed by atoms with van der Waals surface area (Å²) < 4.78 is 1.46. The van der Waals surface area contributed by atoms with Crippen LogP contribution >= 0.6 is 11.6 Å². The second-order valence-corrected chi connectivity index (χ2v) is 4.02. The first-order valence-electron chi connectivity index (χ1n) is 5.25. The molecule has 0 saturated heterocycles. The second-order valence-electron chi connectivity index (χ2n) is 3.59. The normalized spacial score (nSPS) is 10.7. The van der Waals surface area contributed by atoms with E-state index in [-0.39, 0.29) is 12.3 Å². The third-order valence-electron chi connectivity index (χ3n) is 2.37. The molecule has 5 nitrogen and oxygen atoms in total. The molecule has 90 valence electrons. The van der Waals surface area contributed by atoms with Crippen LogP contribution in [0.15, 0.2) is 29.1 Å². The third kappa shape index (κ3) is 2.57. The van der Waals surface area contributed by atoms with E-state index in [1.165, 1.54) is 4.57 Å². The average Bonchev–Trinajstić information content (AvgIpc) is 2.68. The second kappa shape index (κ2) is 5.16. The van der Waals surface area contributed by atoms with E-state index < -0.39 is 0 Å². The fraction of sp³-hybridized carbons (Fsp3) is 0.273. The fourth-order valence-corrected chi connectivity index (χ4v) is 1.80. The first kappa shape index (κ1) is 11.9. The summed E-state index contributed by atoms with van der Waals surface area (Å²) in [4.78, 5) is 11.7. The number of aromatic amines is 1. The highest BCUT2D eigenvalue weighted by atomic mass is 35.5. The smallest absolute Gasteiger partial charge is 0.347 e. The number of aliphatic hydroxyl groups excluding tert-OH is 1. The SMILES string of the molecule is O=c1[nH]nc(CCCO)n1-c1cccc(Cl)c1. The number of aliphatic hydroxyl groups is 1. The number of nitrogens with one attached hydrogen (secondary N) is 1. The summed E-state index contributed by atoms with van der Waals surface area (Å²) in [6, 6.07) is 6.99. The van der Waals surface area contributed by atoms with Crippen LogP contribution in [0.4, 0.5) is 0 Å². The first-order valence-corrected chi connectivity index (χ1v) is 5.63. The molecule has 1 aromatic carbocycles. The molecular formula is C11H12ClN3O2. The van der Waals surface area contributed by atoms with Gasteiger partial charge in [-0.3, -0.25) is 0 Å². The lowest BCUT2D eigenvalue weighted by Crippen LogP contribution is -2.17. The Morgan fingerprint density at radius 3 is 3.00 bits per heavy atom. The lowest BCUT2D eigenvalue weighted by atomic mass is 10.2. The van der Waals surface area contributed by atoms with Gasteiger partial charge >= 0.3 is 5.69 Å². The summed E-state index contributed by atoms with van der Waals surface area (Å²) in [5.74, 6) is 0.589. The molecule has 17 heavy (non-hydrogen) atoms. The summed E-state index contributed by atoms with van der Waals surface area (Å²) in [6.07, 6.45) is 1.09. The van der Waals surface area contributed by atoms with Crippen LogP contribution < -0.4 is 5.69 Å². The van der Waals surface area contributed by atoms with Gasteiger partial charge in [0.05, 0.1) is 5.69 Å². The molecule has 0 aliphatic carbocycles. The van der Waals surface area contributed by atoms with Crippen molar-refractivity contribution in [1.29, 1.82) is 0 Å². The lowest BCUT2D eigenvalue weighted by Gasteiger charge is -2.05. The topological polar surface area (TPSA) is 70.9 Å². The number of hydrogen-bond donors (Lipinski definition) is 2. The molecule has 6 heteroatoms. The molecular weight excluding hydrogens is 242 g/mol. The number of benzene rings is 1. The molecule has 0 aliphatic rings. The Morgan fingerprint density at radius 1 is 1.47 bits per heavy atom. The van der Waals surface area contributed by atoms with Crippen molar-refractivity contribution < 1.29 is 5.11 Å². The van der Waals surface area contributed by atoms with Gasteiger partial charge in [-0.05, 0) is 24.6 Å². The van der Waals surface area contributed by atoms with Crippen LogP contribution in [0.2, 0.25) is 5.02 Å². The molecule has 0 aliphatic heterocycles. The van der Waals surface area contributed by atoms with Crippen molar-refractivity contribution in [2.75, 3.05) is 6.61 Å². The van der Waals surface area contributed by atoms with Crippen molar-refractivity contribution in [3.8, 4) is 5.69 Å². The summed E-state index contributed by atoms with van der Waals surface area (Å²) in [6.45, 7) is 0.0661. The molecule has 0 amide bonds. The summed E-state index contributed by atoms with van der Waals surface area (Å²) >= 11 is 5.88. The molecule has 2 rings (SSSR count). The van der Waals surface area contributed by atoms with Gasteiger partial charge in [-0.25, -0.2) is 14.5 Å². The molecule has 0 fully saturated rings. The number of aromatic nitrogens is 3. The minimum atomic E-state index is -0.305. The van der Waals surface area contributed by atoms with Gasteiger partial charge in [0, 0.05) is 18.1 Å². The third-order valence-corrected chi connectivity index (χ3v) is 2.60. The van der Waals surface area contributed by atoms with Crippen LogP contribution in [0.3, 0.4) is 0 Å². The van der Waals surface area contributed by atoms with Crippen LogP contribution in [-0.2, 0) is 6.42 Å². The molecule has 0 bridgehead atoms.